The van der Waals surface area contributed by atoms with Crippen LogP contribution in [0.4, 0.5) is 0 Å². The standard InChI is InChI=1S/C9H17NO/c1-6-3-4-8(5-6)9(10)7(2)11/h6-8,10-11H,3-5H2,1-2H3/t6?,7-,8?/m1/s1. The van der Waals surface area contributed by atoms with Crippen molar-refractivity contribution in [1.82, 2.24) is 0 Å². The van der Waals surface area contributed by atoms with Crippen LogP contribution in [0.3, 0.4) is 0 Å². The first-order valence-corrected chi connectivity index (χ1v) is 4.37. The van der Waals surface area contributed by atoms with Gasteiger partial charge in [-0.15, -0.1) is 0 Å². The van der Waals surface area contributed by atoms with E-state index in [0.717, 1.165) is 18.8 Å². The zero-order valence-electron chi connectivity index (χ0n) is 7.30. The van der Waals surface area contributed by atoms with Gasteiger partial charge in [0, 0.05) is 5.71 Å². The fourth-order valence-electron chi connectivity index (χ4n) is 1.83. The van der Waals surface area contributed by atoms with Gasteiger partial charge in [-0.25, -0.2) is 0 Å². The van der Waals surface area contributed by atoms with E-state index in [9.17, 15) is 0 Å². The van der Waals surface area contributed by atoms with Gasteiger partial charge < -0.3 is 10.5 Å². The summed E-state index contributed by atoms with van der Waals surface area (Å²) in [4.78, 5) is 0. The molecule has 0 radical (unpaired) electrons. The second kappa shape index (κ2) is 3.35. The van der Waals surface area contributed by atoms with E-state index in [0.29, 0.717) is 11.6 Å². The molecule has 1 aliphatic carbocycles. The van der Waals surface area contributed by atoms with Gasteiger partial charge in [-0.05, 0) is 31.6 Å². The van der Waals surface area contributed by atoms with Crippen LogP contribution in [0.15, 0.2) is 0 Å². The maximum Gasteiger partial charge on any atom is 0.0888 e. The van der Waals surface area contributed by atoms with Gasteiger partial charge in [0.05, 0.1) is 6.10 Å². The molecule has 0 heterocycles. The number of nitrogens with one attached hydrogen (secondary N) is 1. The van der Waals surface area contributed by atoms with Crippen molar-refractivity contribution >= 4 is 5.71 Å². The Morgan fingerprint density at radius 1 is 1.55 bits per heavy atom. The maximum absolute atomic E-state index is 9.14. The van der Waals surface area contributed by atoms with Gasteiger partial charge >= 0.3 is 0 Å². The Labute approximate surface area is 68.1 Å². The van der Waals surface area contributed by atoms with Crippen LogP contribution in [-0.2, 0) is 0 Å². The number of rotatable bonds is 2. The van der Waals surface area contributed by atoms with Crippen molar-refractivity contribution < 1.29 is 5.11 Å². The highest BCUT2D eigenvalue weighted by Gasteiger charge is 2.26. The molecule has 1 fully saturated rings. The first kappa shape index (κ1) is 8.72. The molecule has 0 aromatic rings. The second-order valence-electron chi connectivity index (χ2n) is 3.75. The van der Waals surface area contributed by atoms with Crippen LogP contribution in [0.5, 0.6) is 0 Å². The molecule has 11 heavy (non-hydrogen) atoms. The molecule has 1 aliphatic rings. The molecule has 64 valence electrons. The minimum Gasteiger partial charge on any atom is -0.387 e. The van der Waals surface area contributed by atoms with E-state index >= 15 is 0 Å². The summed E-state index contributed by atoms with van der Waals surface area (Å²) in [6, 6.07) is 0. The quantitative estimate of drug-likeness (QED) is 0.587. The molecular formula is C9H17NO. The lowest BCUT2D eigenvalue weighted by Gasteiger charge is -2.13. The maximum atomic E-state index is 9.14. The highest BCUT2D eigenvalue weighted by molar-refractivity contribution is 5.87. The zero-order chi connectivity index (χ0) is 8.43. The zero-order valence-corrected chi connectivity index (χ0v) is 7.30. The lowest BCUT2D eigenvalue weighted by molar-refractivity contribution is 0.253. The van der Waals surface area contributed by atoms with Gasteiger partial charge in [0.25, 0.3) is 0 Å². The van der Waals surface area contributed by atoms with Crippen LogP contribution in [0.2, 0.25) is 0 Å². The van der Waals surface area contributed by atoms with E-state index in [2.05, 4.69) is 6.92 Å². The van der Waals surface area contributed by atoms with Gasteiger partial charge in [-0.2, -0.15) is 0 Å². The Hall–Kier alpha value is -0.370. The summed E-state index contributed by atoms with van der Waals surface area (Å²) < 4.78 is 0. The van der Waals surface area contributed by atoms with Crippen LogP contribution in [-0.4, -0.2) is 16.9 Å². The lowest BCUT2D eigenvalue weighted by atomic mass is 9.97. The Kier molecular flexibility index (Phi) is 2.66. The van der Waals surface area contributed by atoms with Gasteiger partial charge in [-0.3, -0.25) is 0 Å². The molecule has 2 unspecified atom stereocenters. The molecule has 0 bridgehead atoms. The van der Waals surface area contributed by atoms with E-state index in [4.69, 9.17) is 10.5 Å². The van der Waals surface area contributed by atoms with Crippen molar-refractivity contribution in [3.8, 4) is 0 Å². The summed E-state index contributed by atoms with van der Waals surface area (Å²) in [6.45, 7) is 3.90. The minimum atomic E-state index is -0.537. The Balaban J connectivity index is 2.43. The first-order valence-electron chi connectivity index (χ1n) is 4.37. The van der Waals surface area contributed by atoms with Crippen molar-refractivity contribution in [2.45, 2.75) is 39.2 Å². The summed E-state index contributed by atoms with van der Waals surface area (Å²) in [5.74, 6) is 1.11. The van der Waals surface area contributed by atoms with E-state index < -0.39 is 6.10 Å². The van der Waals surface area contributed by atoms with E-state index in [1.165, 1.54) is 6.42 Å². The molecule has 0 spiro atoms. The number of hydrogen-bond acceptors (Lipinski definition) is 2. The Morgan fingerprint density at radius 3 is 2.55 bits per heavy atom. The van der Waals surface area contributed by atoms with Gasteiger partial charge in [0.1, 0.15) is 0 Å². The third kappa shape index (κ3) is 2.03. The average molecular weight is 155 g/mol. The highest BCUT2D eigenvalue weighted by atomic mass is 16.3. The molecule has 0 aromatic heterocycles. The Morgan fingerprint density at radius 2 is 2.18 bits per heavy atom. The third-order valence-electron chi connectivity index (χ3n) is 2.58. The van der Waals surface area contributed by atoms with E-state index in [1.807, 2.05) is 0 Å². The summed E-state index contributed by atoms with van der Waals surface area (Å²) in [6.07, 6.45) is 2.89. The molecule has 2 N–H and O–H groups in total. The second-order valence-corrected chi connectivity index (χ2v) is 3.75. The molecule has 0 saturated heterocycles. The summed E-state index contributed by atoms with van der Waals surface area (Å²) in [7, 11) is 0. The smallest absolute Gasteiger partial charge is 0.0888 e. The first-order chi connectivity index (χ1) is 5.11. The molecule has 1 rings (SSSR count). The minimum absolute atomic E-state index is 0.366. The largest absolute Gasteiger partial charge is 0.387 e. The molecule has 3 atom stereocenters. The summed E-state index contributed by atoms with van der Waals surface area (Å²) in [5, 5.41) is 16.7. The normalized spacial score (nSPS) is 33.7. The van der Waals surface area contributed by atoms with Crippen LogP contribution in [0.25, 0.3) is 0 Å². The van der Waals surface area contributed by atoms with Crippen molar-refractivity contribution in [2.75, 3.05) is 0 Å². The van der Waals surface area contributed by atoms with E-state index in [1.54, 1.807) is 6.92 Å². The topological polar surface area (TPSA) is 44.1 Å². The van der Waals surface area contributed by atoms with Gasteiger partial charge in [0.2, 0.25) is 0 Å². The Bertz CT molecular complexity index is 154. The van der Waals surface area contributed by atoms with E-state index in [-0.39, 0.29) is 0 Å². The number of aliphatic hydroxyl groups is 1. The van der Waals surface area contributed by atoms with Gasteiger partial charge in [0.15, 0.2) is 0 Å². The molecule has 2 heteroatoms. The number of hydrogen-bond donors (Lipinski definition) is 2. The molecule has 0 aliphatic heterocycles. The fourth-order valence-corrected chi connectivity index (χ4v) is 1.83. The predicted molar refractivity (Wildman–Crippen MR) is 45.9 cm³/mol. The van der Waals surface area contributed by atoms with Crippen LogP contribution < -0.4 is 0 Å². The average Bonchev–Trinajstić information content (AvgIpc) is 2.34. The highest BCUT2D eigenvalue weighted by Crippen LogP contribution is 2.31. The molecule has 1 saturated carbocycles. The van der Waals surface area contributed by atoms with Crippen molar-refractivity contribution in [3.05, 3.63) is 0 Å². The molecule has 0 amide bonds. The number of aliphatic hydroxyl groups excluding tert-OH is 1. The van der Waals surface area contributed by atoms with Crippen molar-refractivity contribution in [2.24, 2.45) is 11.8 Å². The molecule has 2 nitrogen and oxygen atoms in total. The van der Waals surface area contributed by atoms with Crippen molar-refractivity contribution in [1.29, 1.82) is 5.41 Å². The fraction of sp³-hybridized carbons (Fsp3) is 0.889. The summed E-state index contributed by atoms with van der Waals surface area (Å²) in [5.41, 5.74) is 0.536. The third-order valence-corrected chi connectivity index (χ3v) is 2.58. The van der Waals surface area contributed by atoms with Gasteiger partial charge in [-0.1, -0.05) is 13.3 Å². The van der Waals surface area contributed by atoms with Crippen LogP contribution in [0.1, 0.15) is 33.1 Å². The van der Waals surface area contributed by atoms with Crippen LogP contribution >= 0.6 is 0 Å². The monoisotopic (exact) mass is 155 g/mol. The van der Waals surface area contributed by atoms with Crippen LogP contribution in [0, 0.1) is 17.2 Å². The lowest BCUT2D eigenvalue weighted by Crippen LogP contribution is -2.22. The SMILES string of the molecule is CC1CCC(C(=N)[C@@H](C)O)C1. The molecule has 0 aromatic carbocycles. The predicted octanol–water partition coefficient (Wildman–Crippen LogP) is 1.82. The summed E-state index contributed by atoms with van der Waals surface area (Å²) >= 11 is 0. The van der Waals surface area contributed by atoms with Crippen molar-refractivity contribution in [3.63, 3.8) is 0 Å². The molecular weight excluding hydrogens is 138 g/mol.